The van der Waals surface area contributed by atoms with Crippen LogP contribution in [0.2, 0.25) is 0 Å². The van der Waals surface area contributed by atoms with Crippen molar-refractivity contribution in [3.63, 3.8) is 0 Å². The lowest BCUT2D eigenvalue weighted by Gasteiger charge is -2.26. The molecule has 1 aliphatic rings. The van der Waals surface area contributed by atoms with Crippen LogP contribution >= 0.6 is 0 Å². The number of amides is 1. The molecule has 0 atom stereocenters. The summed E-state index contributed by atoms with van der Waals surface area (Å²) in [5.41, 5.74) is 0.470. The normalized spacial score (nSPS) is 15.9. The zero-order chi connectivity index (χ0) is 16.2. The zero-order valence-electron chi connectivity index (χ0n) is 12.5. The molecule has 1 aromatic rings. The number of ketones is 1. The Labute approximate surface area is 130 Å². The van der Waals surface area contributed by atoms with Crippen LogP contribution < -0.4 is 4.72 Å². The van der Waals surface area contributed by atoms with Gasteiger partial charge >= 0.3 is 0 Å². The van der Waals surface area contributed by atoms with Crippen molar-refractivity contribution in [2.24, 2.45) is 0 Å². The van der Waals surface area contributed by atoms with Gasteiger partial charge in [-0.1, -0.05) is 12.1 Å². The molecule has 2 rings (SSSR count). The Morgan fingerprint density at radius 3 is 2.50 bits per heavy atom. The van der Waals surface area contributed by atoms with Gasteiger partial charge in [0.25, 0.3) is 0 Å². The number of likely N-dealkylation sites (tertiary alicyclic amines) is 1. The summed E-state index contributed by atoms with van der Waals surface area (Å²) in [6, 6.07) is 5.80. The number of carbonyl (C=O) groups excluding carboxylic acids is 2. The van der Waals surface area contributed by atoms with Crippen molar-refractivity contribution in [2.75, 3.05) is 19.6 Å². The van der Waals surface area contributed by atoms with E-state index in [2.05, 4.69) is 4.72 Å². The summed E-state index contributed by atoms with van der Waals surface area (Å²) in [6.07, 6.45) is 2.41. The van der Waals surface area contributed by atoms with E-state index >= 15 is 0 Å². The van der Waals surface area contributed by atoms with E-state index in [1.165, 1.54) is 31.2 Å². The van der Waals surface area contributed by atoms with Gasteiger partial charge in [0.1, 0.15) is 0 Å². The maximum Gasteiger partial charge on any atom is 0.240 e. The zero-order valence-corrected chi connectivity index (χ0v) is 13.4. The Hall–Kier alpha value is -1.73. The molecule has 1 amide bonds. The van der Waals surface area contributed by atoms with Gasteiger partial charge in [-0.3, -0.25) is 9.59 Å². The van der Waals surface area contributed by atoms with Crippen molar-refractivity contribution in [3.05, 3.63) is 29.8 Å². The van der Waals surface area contributed by atoms with Crippen LogP contribution in [-0.4, -0.2) is 44.6 Å². The van der Waals surface area contributed by atoms with Crippen molar-refractivity contribution >= 4 is 21.7 Å². The smallest absolute Gasteiger partial charge is 0.240 e. The number of sulfonamides is 1. The van der Waals surface area contributed by atoms with Crippen LogP contribution in [0.15, 0.2) is 29.2 Å². The Morgan fingerprint density at radius 2 is 1.91 bits per heavy atom. The molecule has 1 aromatic carbocycles. The summed E-state index contributed by atoms with van der Waals surface area (Å²) in [6.45, 7) is 2.68. The van der Waals surface area contributed by atoms with E-state index in [9.17, 15) is 18.0 Å². The van der Waals surface area contributed by atoms with Crippen LogP contribution in [0.3, 0.4) is 0 Å². The van der Waals surface area contributed by atoms with E-state index in [0.717, 1.165) is 12.8 Å². The van der Waals surface area contributed by atoms with Gasteiger partial charge in [0.15, 0.2) is 5.78 Å². The summed E-state index contributed by atoms with van der Waals surface area (Å²) in [5, 5.41) is 0. The van der Waals surface area contributed by atoms with E-state index in [4.69, 9.17) is 0 Å². The molecule has 120 valence electrons. The van der Waals surface area contributed by atoms with E-state index in [1.807, 2.05) is 0 Å². The lowest BCUT2D eigenvalue weighted by molar-refractivity contribution is -0.133. The van der Waals surface area contributed by atoms with Gasteiger partial charge in [0.2, 0.25) is 15.9 Å². The third-order valence-corrected chi connectivity index (χ3v) is 5.14. The van der Waals surface area contributed by atoms with Crippen molar-refractivity contribution in [2.45, 2.75) is 31.1 Å². The Balaban J connectivity index is 1.93. The summed E-state index contributed by atoms with van der Waals surface area (Å²) in [5.74, 6) is -0.0308. The van der Waals surface area contributed by atoms with Crippen LogP contribution in [-0.2, 0) is 14.8 Å². The van der Waals surface area contributed by atoms with E-state index < -0.39 is 10.0 Å². The van der Waals surface area contributed by atoms with E-state index in [-0.39, 0.29) is 23.1 Å². The highest BCUT2D eigenvalue weighted by Gasteiger charge is 2.19. The van der Waals surface area contributed by atoms with Crippen LogP contribution in [0.5, 0.6) is 0 Å². The molecule has 6 nitrogen and oxygen atoms in total. The predicted octanol–water partition coefficient (Wildman–Crippen LogP) is 1.18. The Morgan fingerprint density at radius 1 is 1.23 bits per heavy atom. The molecule has 0 saturated carbocycles. The molecule has 22 heavy (non-hydrogen) atoms. The van der Waals surface area contributed by atoms with Gasteiger partial charge in [-0.15, -0.1) is 0 Å². The quantitative estimate of drug-likeness (QED) is 0.797. The number of Topliss-reactive ketones (excluding diaryl/α,β-unsaturated/α-hetero) is 1. The first kappa shape index (κ1) is 16.6. The molecule has 1 heterocycles. The highest BCUT2D eigenvalue weighted by molar-refractivity contribution is 7.89. The number of hydrogen-bond acceptors (Lipinski definition) is 4. The average molecular weight is 324 g/mol. The maximum atomic E-state index is 12.1. The number of nitrogens with zero attached hydrogens (tertiary/aromatic N) is 1. The fraction of sp³-hybridized carbons (Fsp3) is 0.467. The molecule has 1 aliphatic heterocycles. The SMILES string of the molecule is CC(=O)c1ccc(S(=O)(=O)NCCN2CCCCC2=O)cc1. The molecule has 0 bridgehead atoms. The van der Waals surface area contributed by atoms with Crippen molar-refractivity contribution in [3.8, 4) is 0 Å². The molecule has 0 spiro atoms. The fourth-order valence-electron chi connectivity index (χ4n) is 2.37. The molecule has 7 heteroatoms. The second-order valence-corrected chi connectivity index (χ2v) is 7.08. The molecule has 0 aromatic heterocycles. The topological polar surface area (TPSA) is 83.6 Å². The number of rotatable bonds is 6. The molecule has 1 N–H and O–H groups in total. The molecule has 0 aliphatic carbocycles. The van der Waals surface area contributed by atoms with E-state index in [1.54, 1.807) is 4.90 Å². The summed E-state index contributed by atoms with van der Waals surface area (Å²) in [7, 11) is -3.62. The standard InChI is InChI=1S/C15H20N2O4S/c1-12(18)13-5-7-14(8-6-13)22(20,21)16-9-11-17-10-3-2-4-15(17)19/h5-8,16H,2-4,9-11H2,1H3. The van der Waals surface area contributed by atoms with Gasteiger partial charge in [0, 0.05) is 31.6 Å². The minimum atomic E-state index is -3.62. The fourth-order valence-corrected chi connectivity index (χ4v) is 3.39. The summed E-state index contributed by atoms with van der Waals surface area (Å²) >= 11 is 0. The highest BCUT2D eigenvalue weighted by atomic mass is 32.2. The second-order valence-electron chi connectivity index (χ2n) is 5.32. The predicted molar refractivity (Wildman–Crippen MR) is 82.1 cm³/mol. The lowest BCUT2D eigenvalue weighted by atomic mass is 10.1. The van der Waals surface area contributed by atoms with Gasteiger partial charge in [-0.25, -0.2) is 13.1 Å². The number of benzene rings is 1. The first-order valence-corrected chi connectivity index (χ1v) is 8.77. The van der Waals surface area contributed by atoms with Gasteiger partial charge in [0.05, 0.1) is 4.90 Å². The van der Waals surface area contributed by atoms with Gasteiger partial charge in [-0.05, 0) is 31.9 Å². The molecular weight excluding hydrogens is 304 g/mol. The first-order valence-electron chi connectivity index (χ1n) is 7.28. The van der Waals surface area contributed by atoms with Crippen molar-refractivity contribution in [1.82, 2.24) is 9.62 Å². The van der Waals surface area contributed by atoms with Crippen molar-refractivity contribution in [1.29, 1.82) is 0 Å². The van der Waals surface area contributed by atoms with Crippen LogP contribution in [0, 0.1) is 0 Å². The lowest BCUT2D eigenvalue weighted by Crippen LogP contribution is -2.41. The molecule has 1 saturated heterocycles. The summed E-state index contributed by atoms with van der Waals surface area (Å²) in [4.78, 5) is 24.6. The average Bonchev–Trinajstić information content (AvgIpc) is 2.49. The van der Waals surface area contributed by atoms with E-state index in [0.29, 0.717) is 25.1 Å². The minimum absolute atomic E-state index is 0.0799. The number of nitrogens with one attached hydrogen (secondary N) is 1. The molecule has 1 fully saturated rings. The van der Waals surface area contributed by atoms with Gasteiger partial charge < -0.3 is 4.90 Å². The first-order chi connectivity index (χ1) is 10.4. The molecule has 0 radical (unpaired) electrons. The monoisotopic (exact) mass is 324 g/mol. The Kier molecular flexibility index (Phi) is 5.31. The Bertz CT molecular complexity index is 653. The third-order valence-electron chi connectivity index (χ3n) is 3.67. The summed E-state index contributed by atoms with van der Waals surface area (Å²) < 4.78 is 26.8. The van der Waals surface area contributed by atoms with Gasteiger partial charge in [-0.2, -0.15) is 0 Å². The minimum Gasteiger partial charge on any atom is -0.341 e. The number of carbonyl (C=O) groups is 2. The van der Waals surface area contributed by atoms with Crippen LogP contribution in [0.25, 0.3) is 0 Å². The maximum absolute atomic E-state index is 12.1. The third kappa shape index (κ3) is 4.14. The number of piperidine rings is 1. The van der Waals surface area contributed by atoms with Crippen molar-refractivity contribution < 1.29 is 18.0 Å². The molecular formula is C15H20N2O4S. The second kappa shape index (κ2) is 7.02. The highest BCUT2D eigenvalue weighted by Crippen LogP contribution is 2.12. The largest absolute Gasteiger partial charge is 0.341 e. The molecule has 0 unspecified atom stereocenters. The van der Waals surface area contributed by atoms with Crippen LogP contribution in [0.1, 0.15) is 36.5 Å². The van der Waals surface area contributed by atoms with Crippen LogP contribution in [0.4, 0.5) is 0 Å². The number of hydrogen-bond donors (Lipinski definition) is 1.